The largest absolute Gasteiger partial charge is 0.372 e. The number of benzene rings is 1. The number of carbonyl (C=O) groups excluding carboxylic acids is 1. The SMILES string of the molecule is O=C(C[C@@H]1C=CCC1)Nc1ccc(N2CCCCCC2)cc1. The van der Waals surface area contributed by atoms with Crippen molar-refractivity contribution in [3.05, 3.63) is 36.4 Å². The Morgan fingerprint density at radius 2 is 1.82 bits per heavy atom. The molecule has 0 spiro atoms. The van der Waals surface area contributed by atoms with Gasteiger partial charge in [-0.25, -0.2) is 0 Å². The Hall–Kier alpha value is -1.77. The van der Waals surface area contributed by atoms with E-state index in [1.807, 2.05) is 12.1 Å². The van der Waals surface area contributed by atoms with Crippen molar-refractivity contribution in [1.29, 1.82) is 0 Å². The Balaban J connectivity index is 1.54. The minimum Gasteiger partial charge on any atom is -0.372 e. The predicted octanol–water partition coefficient (Wildman–Crippen LogP) is 4.36. The molecule has 0 aromatic heterocycles. The number of nitrogens with zero attached hydrogens (tertiary/aromatic N) is 1. The second-order valence-corrected chi connectivity index (χ2v) is 6.47. The third-order valence-electron chi connectivity index (χ3n) is 4.68. The molecule has 1 fully saturated rings. The molecule has 1 saturated heterocycles. The predicted molar refractivity (Wildman–Crippen MR) is 92.2 cm³/mol. The maximum Gasteiger partial charge on any atom is 0.224 e. The molecule has 22 heavy (non-hydrogen) atoms. The summed E-state index contributed by atoms with van der Waals surface area (Å²) < 4.78 is 0. The molecule has 1 N–H and O–H groups in total. The van der Waals surface area contributed by atoms with Gasteiger partial charge in [0.15, 0.2) is 0 Å². The molecule has 0 radical (unpaired) electrons. The van der Waals surface area contributed by atoms with Gasteiger partial charge in [0.2, 0.25) is 5.91 Å². The van der Waals surface area contributed by atoms with Gasteiger partial charge in [0.1, 0.15) is 0 Å². The van der Waals surface area contributed by atoms with Crippen molar-refractivity contribution in [2.75, 3.05) is 23.3 Å². The molecule has 1 aliphatic heterocycles. The highest BCUT2D eigenvalue weighted by molar-refractivity contribution is 5.91. The van der Waals surface area contributed by atoms with Crippen LogP contribution in [0.2, 0.25) is 0 Å². The molecule has 3 rings (SSSR count). The molecule has 1 aromatic rings. The van der Waals surface area contributed by atoms with Crippen molar-refractivity contribution < 1.29 is 4.79 Å². The molecule has 3 heteroatoms. The van der Waals surface area contributed by atoms with E-state index in [9.17, 15) is 4.79 Å². The standard InChI is InChI=1S/C19H26N2O/c22-19(15-16-7-3-4-8-16)20-17-9-11-18(12-10-17)21-13-5-1-2-6-14-21/h3,7,9-12,16H,1-2,4-6,8,13-15H2,(H,20,22)/t16-/m1/s1. The van der Waals surface area contributed by atoms with Crippen LogP contribution in [-0.4, -0.2) is 19.0 Å². The van der Waals surface area contributed by atoms with Crippen LogP contribution in [0.3, 0.4) is 0 Å². The summed E-state index contributed by atoms with van der Waals surface area (Å²) in [6.07, 6.45) is 12.4. The quantitative estimate of drug-likeness (QED) is 0.838. The van der Waals surface area contributed by atoms with Crippen LogP contribution in [0.4, 0.5) is 11.4 Å². The van der Waals surface area contributed by atoms with E-state index in [0.29, 0.717) is 12.3 Å². The molecule has 3 nitrogen and oxygen atoms in total. The Morgan fingerprint density at radius 3 is 2.45 bits per heavy atom. The van der Waals surface area contributed by atoms with Crippen LogP contribution in [0.5, 0.6) is 0 Å². The van der Waals surface area contributed by atoms with Gasteiger partial charge in [-0.3, -0.25) is 4.79 Å². The summed E-state index contributed by atoms with van der Waals surface area (Å²) in [6.45, 7) is 2.31. The van der Waals surface area contributed by atoms with E-state index in [0.717, 1.165) is 31.6 Å². The normalized spacial score (nSPS) is 21.6. The van der Waals surface area contributed by atoms with Crippen LogP contribution in [0.25, 0.3) is 0 Å². The number of amides is 1. The van der Waals surface area contributed by atoms with Crippen LogP contribution in [0.1, 0.15) is 44.9 Å². The van der Waals surface area contributed by atoms with Crippen molar-refractivity contribution in [1.82, 2.24) is 0 Å². The lowest BCUT2D eigenvalue weighted by molar-refractivity contribution is -0.116. The van der Waals surface area contributed by atoms with Gasteiger partial charge < -0.3 is 10.2 Å². The Kier molecular flexibility index (Phi) is 5.15. The molecule has 0 bridgehead atoms. The highest BCUT2D eigenvalue weighted by atomic mass is 16.1. The number of hydrogen-bond donors (Lipinski definition) is 1. The van der Waals surface area contributed by atoms with Gasteiger partial charge in [-0.05, 0) is 55.9 Å². The second-order valence-electron chi connectivity index (χ2n) is 6.47. The van der Waals surface area contributed by atoms with Gasteiger partial charge in [0.05, 0.1) is 0 Å². The van der Waals surface area contributed by atoms with Gasteiger partial charge >= 0.3 is 0 Å². The molecule has 1 heterocycles. The molecule has 1 atom stereocenters. The lowest BCUT2D eigenvalue weighted by Gasteiger charge is -2.22. The molecule has 118 valence electrons. The fraction of sp³-hybridized carbons (Fsp3) is 0.526. The van der Waals surface area contributed by atoms with E-state index in [1.54, 1.807) is 0 Å². The summed E-state index contributed by atoms with van der Waals surface area (Å²) in [6, 6.07) is 8.33. The third-order valence-corrected chi connectivity index (χ3v) is 4.68. The summed E-state index contributed by atoms with van der Waals surface area (Å²) in [4.78, 5) is 14.5. The number of hydrogen-bond acceptors (Lipinski definition) is 2. The summed E-state index contributed by atoms with van der Waals surface area (Å²) in [5.41, 5.74) is 2.18. The van der Waals surface area contributed by atoms with E-state index >= 15 is 0 Å². The van der Waals surface area contributed by atoms with Gasteiger partial charge in [-0.1, -0.05) is 25.0 Å². The Labute approximate surface area is 133 Å². The molecule has 1 aliphatic carbocycles. The summed E-state index contributed by atoms with van der Waals surface area (Å²) in [7, 11) is 0. The maximum atomic E-state index is 12.0. The molecule has 0 unspecified atom stereocenters. The maximum absolute atomic E-state index is 12.0. The molecular formula is C19H26N2O. The first-order valence-electron chi connectivity index (χ1n) is 8.63. The van der Waals surface area contributed by atoms with Gasteiger partial charge in [0.25, 0.3) is 0 Å². The van der Waals surface area contributed by atoms with Crippen molar-refractivity contribution in [3.8, 4) is 0 Å². The van der Waals surface area contributed by atoms with Crippen LogP contribution in [0.15, 0.2) is 36.4 Å². The number of anilines is 2. The van der Waals surface area contributed by atoms with Gasteiger partial charge in [-0.15, -0.1) is 0 Å². The van der Waals surface area contributed by atoms with Crippen LogP contribution in [-0.2, 0) is 4.79 Å². The first-order valence-corrected chi connectivity index (χ1v) is 8.63. The smallest absolute Gasteiger partial charge is 0.224 e. The third kappa shape index (κ3) is 4.12. The van der Waals surface area contributed by atoms with Crippen LogP contribution in [0, 0.1) is 5.92 Å². The number of carbonyl (C=O) groups is 1. The molecule has 2 aliphatic rings. The lowest BCUT2D eigenvalue weighted by Crippen LogP contribution is -2.23. The van der Waals surface area contributed by atoms with Crippen molar-refractivity contribution >= 4 is 17.3 Å². The van der Waals surface area contributed by atoms with Gasteiger partial charge in [-0.2, -0.15) is 0 Å². The van der Waals surface area contributed by atoms with E-state index < -0.39 is 0 Å². The zero-order chi connectivity index (χ0) is 15.2. The molecule has 0 saturated carbocycles. The van der Waals surface area contributed by atoms with Gasteiger partial charge in [0, 0.05) is 30.9 Å². The van der Waals surface area contributed by atoms with Crippen molar-refractivity contribution in [2.45, 2.75) is 44.9 Å². The van der Waals surface area contributed by atoms with Crippen LogP contribution >= 0.6 is 0 Å². The Morgan fingerprint density at radius 1 is 1.09 bits per heavy atom. The summed E-state index contributed by atoms with van der Waals surface area (Å²) in [5.74, 6) is 0.551. The summed E-state index contributed by atoms with van der Waals surface area (Å²) in [5, 5.41) is 3.02. The minimum absolute atomic E-state index is 0.124. The van der Waals surface area contributed by atoms with E-state index in [1.165, 1.54) is 31.4 Å². The zero-order valence-corrected chi connectivity index (χ0v) is 13.3. The number of rotatable bonds is 4. The average Bonchev–Trinajstić information content (AvgIpc) is 2.87. The van der Waals surface area contributed by atoms with Crippen molar-refractivity contribution in [2.24, 2.45) is 5.92 Å². The second kappa shape index (κ2) is 7.48. The zero-order valence-electron chi connectivity index (χ0n) is 13.3. The number of allylic oxidation sites excluding steroid dienone is 2. The first-order chi connectivity index (χ1) is 10.8. The highest BCUT2D eigenvalue weighted by Crippen LogP contribution is 2.23. The van der Waals surface area contributed by atoms with Crippen molar-refractivity contribution in [3.63, 3.8) is 0 Å². The Bertz CT molecular complexity index is 513. The molecule has 1 amide bonds. The average molecular weight is 298 g/mol. The first kappa shape index (κ1) is 15.1. The van der Waals surface area contributed by atoms with Crippen LogP contribution < -0.4 is 10.2 Å². The summed E-state index contributed by atoms with van der Waals surface area (Å²) >= 11 is 0. The minimum atomic E-state index is 0.124. The number of nitrogens with one attached hydrogen (secondary N) is 1. The fourth-order valence-electron chi connectivity index (χ4n) is 3.40. The van der Waals surface area contributed by atoms with E-state index in [-0.39, 0.29) is 5.91 Å². The van der Waals surface area contributed by atoms with E-state index in [4.69, 9.17) is 0 Å². The van der Waals surface area contributed by atoms with E-state index in [2.05, 4.69) is 34.5 Å². The molecule has 1 aromatic carbocycles. The molecular weight excluding hydrogens is 272 g/mol. The lowest BCUT2D eigenvalue weighted by atomic mass is 10.1. The topological polar surface area (TPSA) is 32.3 Å². The fourth-order valence-corrected chi connectivity index (χ4v) is 3.40. The monoisotopic (exact) mass is 298 g/mol. The highest BCUT2D eigenvalue weighted by Gasteiger charge is 2.14.